The summed E-state index contributed by atoms with van der Waals surface area (Å²) < 4.78 is 60.9. The van der Waals surface area contributed by atoms with Crippen LogP contribution in [0.4, 0.5) is 0 Å². The van der Waals surface area contributed by atoms with Gasteiger partial charge in [-0.3, -0.25) is 0 Å². The van der Waals surface area contributed by atoms with Crippen molar-refractivity contribution in [3.05, 3.63) is 72.8 Å². The van der Waals surface area contributed by atoms with Gasteiger partial charge in [-0.25, -0.2) is 0 Å². The predicted octanol–water partition coefficient (Wildman–Crippen LogP) is 12.0. The first-order chi connectivity index (χ1) is 30.1. The second kappa shape index (κ2) is 20.0. The van der Waals surface area contributed by atoms with E-state index >= 15 is 0 Å². The molecule has 0 N–H and O–H groups in total. The highest BCUT2D eigenvalue weighted by atomic mass is 28.4. The molecule has 11 heteroatoms. The van der Waals surface area contributed by atoms with Gasteiger partial charge < -0.3 is 42.0 Å². The molecule has 0 amide bonds. The molecule has 2 radical (unpaired) electrons. The van der Waals surface area contributed by atoms with Gasteiger partial charge in [-0.2, -0.15) is 0 Å². The SMILES string of the molecule is CC(C)(C)Oc1ccc([Si](O[Si](c2ccc(OC(C)(C)C)c(OC(C)(C)C)c2)c2ccc(OC(C)(C)C)c(OC(C)(C)C)c2)c2ccc(OC(C)(C)C)c(OC(C)(C)C)c2)cc1OC(C)(C)C. The maximum atomic E-state index is 7.92. The summed E-state index contributed by atoms with van der Waals surface area (Å²) in [4.78, 5) is 0. The monoisotopic (exact) mass is 957 g/mol. The second-order valence-corrected chi connectivity index (χ2v) is 29.6. The van der Waals surface area contributed by atoms with E-state index in [0.717, 1.165) is 20.7 Å². The molecule has 0 atom stereocenters. The second-order valence-electron chi connectivity index (χ2n) is 25.1. The van der Waals surface area contributed by atoms with E-state index in [2.05, 4.69) is 48.5 Å². The van der Waals surface area contributed by atoms with E-state index in [4.69, 9.17) is 42.0 Å². The molecule has 0 spiro atoms. The Morgan fingerprint density at radius 3 is 0.522 bits per heavy atom. The highest BCUT2D eigenvalue weighted by Crippen LogP contribution is 2.37. The molecule has 4 aromatic carbocycles. The quantitative estimate of drug-likeness (QED) is 0.115. The van der Waals surface area contributed by atoms with Crippen molar-refractivity contribution < 1.29 is 42.0 Å². The Balaban J connectivity index is 2.16. The molecule has 370 valence electrons. The van der Waals surface area contributed by atoms with Gasteiger partial charge in [0.15, 0.2) is 46.0 Å². The van der Waals surface area contributed by atoms with Gasteiger partial charge in [-0.1, -0.05) is 24.3 Å². The van der Waals surface area contributed by atoms with E-state index in [0.29, 0.717) is 46.0 Å². The van der Waals surface area contributed by atoms with Crippen LogP contribution in [0.25, 0.3) is 0 Å². The lowest BCUT2D eigenvalue weighted by molar-refractivity contribution is 0.0958. The molecule has 67 heavy (non-hydrogen) atoms. The van der Waals surface area contributed by atoms with Crippen molar-refractivity contribution in [1.82, 2.24) is 0 Å². The molecule has 0 aliphatic heterocycles. The van der Waals surface area contributed by atoms with Gasteiger partial charge in [-0.15, -0.1) is 0 Å². The topological polar surface area (TPSA) is 83.1 Å². The lowest BCUT2D eigenvalue weighted by Gasteiger charge is -2.31. The largest absolute Gasteiger partial charge is 0.484 e. The van der Waals surface area contributed by atoms with Crippen LogP contribution in [0.15, 0.2) is 72.8 Å². The standard InChI is InChI=1S/C56H84O9Si2/c1-49(2,3)57-41-29-25-37(33-45(41)61-53(13,14)15)66(38-26-30-42(58-50(4,5)6)46(34-38)62-54(16,17)18)65-67(39-27-31-43(59-51(7,8)9)47(35-39)63-55(19,20)21)40-28-32-44(60-52(10,11)12)48(36-40)64-56(22,23)24/h25-36H,1-24H3. The van der Waals surface area contributed by atoms with Crippen LogP contribution in [0.3, 0.4) is 0 Å². The van der Waals surface area contributed by atoms with E-state index < -0.39 is 62.9 Å². The molecule has 0 aromatic heterocycles. The average molecular weight is 957 g/mol. The van der Waals surface area contributed by atoms with E-state index in [1.165, 1.54) is 0 Å². The number of benzene rings is 4. The van der Waals surface area contributed by atoms with Crippen molar-refractivity contribution >= 4 is 38.8 Å². The van der Waals surface area contributed by atoms with E-state index in [9.17, 15) is 0 Å². The zero-order valence-corrected chi connectivity index (χ0v) is 47.6. The third-order valence-electron chi connectivity index (χ3n) is 8.36. The highest BCUT2D eigenvalue weighted by molar-refractivity contribution is 6.92. The normalized spacial score (nSPS) is 13.4. The van der Waals surface area contributed by atoms with Gasteiger partial charge in [0.1, 0.15) is 44.8 Å². The fraction of sp³-hybridized carbons (Fsp3) is 0.571. The molecule has 0 bridgehead atoms. The first-order valence-corrected chi connectivity index (χ1v) is 26.4. The summed E-state index contributed by atoms with van der Waals surface area (Å²) in [6.45, 7) is 49.0. The smallest absolute Gasteiger partial charge is 0.272 e. The van der Waals surface area contributed by atoms with Crippen molar-refractivity contribution in [2.45, 2.75) is 211 Å². The molecule has 0 fully saturated rings. The van der Waals surface area contributed by atoms with Gasteiger partial charge in [0.05, 0.1) is 0 Å². The van der Waals surface area contributed by atoms with Crippen molar-refractivity contribution in [2.75, 3.05) is 0 Å². The van der Waals surface area contributed by atoms with Crippen LogP contribution < -0.4 is 58.6 Å². The van der Waals surface area contributed by atoms with Crippen LogP contribution in [0.1, 0.15) is 166 Å². The number of hydrogen-bond donors (Lipinski definition) is 0. The van der Waals surface area contributed by atoms with E-state index in [-0.39, 0.29) is 0 Å². The Morgan fingerprint density at radius 1 is 0.224 bits per heavy atom. The van der Waals surface area contributed by atoms with E-state index in [1.807, 2.05) is 190 Å². The summed E-state index contributed by atoms with van der Waals surface area (Å²) in [5, 5.41) is 3.82. The fourth-order valence-electron chi connectivity index (χ4n) is 6.56. The molecular weight excluding hydrogens is 873 g/mol. The Morgan fingerprint density at radius 2 is 0.373 bits per heavy atom. The molecular formula is C56H84O9Si2. The summed E-state index contributed by atoms with van der Waals surface area (Å²) in [5.74, 6) is 5.14. The highest BCUT2D eigenvalue weighted by Gasteiger charge is 2.35. The summed E-state index contributed by atoms with van der Waals surface area (Å²) in [6.07, 6.45) is 0. The molecule has 4 aromatic rings. The van der Waals surface area contributed by atoms with Gasteiger partial charge in [-0.05, 0) is 235 Å². The Kier molecular flexibility index (Phi) is 16.5. The predicted molar refractivity (Wildman–Crippen MR) is 280 cm³/mol. The van der Waals surface area contributed by atoms with E-state index in [1.54, 1.807) is 0 Å². The molecule has 4 rings (SSSR count). The van der Waals surface area contributed by atoms with Gasteiger partial charge in [0.2, 0.25) is 0 Å². The molecule has 0 heterocycles. The minimum Gasteiger partial charge on any atom is -0.484 e. The molecule has 0 saturated heterocycles. The van der Waals surface area contributed by atoms with Crippen LogP contribution >= 0.6 is 0 Å². The first-order valence-electron chi connectivity index (χ1n) is 23.6. The molecule has 0 unspecified atom stereocenters. The maximum Gasteiger partial charge on any atom is 0.272 e. The van der Waals surface area contributed by atoms with Crippen LogP contribution in [-0.4, -0.2) is 62.9 Å². The third kappa shape index (κ3) is 18.9. The number of rotatable bonds is 14. The summed E-state index contributed by atoms with van der Waals surface area (Å²) in [5.41, 5.74) is -3.93. The Hall–Kier alpha value is -4.33. The molecule has 9 nitrogen and oxygen atoms in total. The minimum atomic E-state index is -2.21. The molecule has 0 aliphatic carbocycles. The van der Waals surface area contributed by atoms with Gasteiger partial charge >= 0.3 is 0 Å². The average Bonchev–Trinajstić information content (AvgIpc) is 3.07. The lowest BCUT2D eigenvalue weighted by Crippen LogP contribution is -2.56. The fourth-order valence-corrected chi connectivity index (χ4v) is 11.9. The summed E-state index contributed by atoms with van der Waals surface area (Å²) >= 11 is 0. The minimum absolute atomic E-state index is 0.467. The maximum absolute atomic E-state index is 7.92. The first kappa shape index (κ1) is 55.3. The third-order valence-corrected chi connectivity index (χ3v) is 13.3. The van der Waals surface area contributed by atoms with Crippen molar-refractivity contribution in [2.24, 2.45) is 0 Å². The van der Waals surface area contributed by atoms with Crippen molar-refractivity contribution in [3.63, 3.8) is 0 Å². The summed E-state index contributed by atoms with van der Waals surface area (Å²) in [7, 11) is -4.41. The van der Waals surface area contributed by atoms with Crippen LogP contribution in [0.2, 0.25) is 0 Å². The Labute approximate surface area is 409 Å². The van der Waals surface area contributed by atoms with Gasteiger partial charge in [0.25, 0.3) is 18.1 Å². The van der Waals surface area contributed by atoms with Gasteiger partial charge in [0, 0.05) is 0 Å². The van der Waals surface area contributed by atoms with Crippen LogP contribution in [-0.2, 0) is 4.12 Å². The van der Waals surface area contributed by atoms with Crippen LogP contribution in [0.5, 0.6) is 46.0 Å². The summed E-state index contributed by atoms with van der Waals surface area (Å²) in [6, 6.07) is 24.8. The number of hydrogen-bond acceptors (Lipinski definition) is 9. The molecule has 0 aliphatic rings. The zero-order chi connectivity index (χ0) is 50.9. The number of ether oxygens (including phenoxy) is 8. The Bertz CT molecular complexity index is 1960. The van der Waals surface area contributed by atoms with Crippen molar-refractivity contribution in [1.29, 1.82) is 0 Å². The van der Waals surface area contributed by atoms with Crippen molar-refractivity contribution in [3.8, 4) is 46.0 Å². The lowest BCUT2D eigenvalue weighted by atomic mass is 10.1. The van der Waals surface area contributed by atoms with Crippen LogP contribution in [0, 0.1) is 0 Å². The molecule has 0 saturated carbocycles. The zero-order valence-electron chi connectivity index (χ0n) is 45.6.